The van der Waals surface area contributed by atoms with Crippen LogP contribution < -0.4 is 9.64 Å². The molecule has 4 rings (SSSR count). The first kappa shape index (κ1) is 20.4. The lowest BCUT2D eigenvalue weighted by molar-refractivity contribution is -0.132. The van der Waals surface area contributed by atoms with Crippen LogP contribution in [0.3, 0.4) is 0 Å². The molecule has 0 aromatic heterocycles. The normalized spacial score (nSPS) is 14.4. The molecule has 8 nitrogen and oxygen atoms in total. The summed E-state index contributed by atoms with van der Waals surface area (Å²) in [7, 11) is 0. The lowest BCUT2D eigenvalue weighted by Crippen LogP contribution is -2.29. The summed E-state index contributed by atoms with van der Waals surface area (Å²) in [5.41, 5.74) is 1.35. The number of fused-ring (bicyclic) bond motifs is 1. The highest BCUT2D eigenvalue weighted by Crippen LogP contribution is 2.23. The van der Waals surface area contributed by atoms with Gasteiger partial charge in [-0.3, -0.25) is 24.0 Å². The molecule has 0 atom stereocenters. The summed E-state index contributed by atoms with van der Waals surface area (Å²) < 4.78 is 4.84. The van der Waals surface area contributed by atoms with Gasteiger partial charge in [0.25, 0.3) is 23.6 Å². The van der Waals surface area contributed by atoms with Crippen molar-refractivity contribution in [3.63, 3.8) is 0 Å². The van der Waals surface area contributed by atoms with Crippen LogP contribution in [0.4, 0.5) is 5.69 Å². The Hall–Kier alpha value is -4.33. The summed E-state index contributed by atoms with van der Waals surface area (Å²) >= 11 is 0. The average Bonchev–Trinajstić information content (AvgIpc) is 3.19. The standard InChI is InChI=1S/C12H9NO4.C10H7NO2/c1-8(14)17-10-4-2-9(3-5-10)13-11(15)6-7-12(13)16;1-2-11-9(12)7-5-3-4-6-8(7)10(11)13/h2-7H,1H3;2-6H,1H2. The second kappa shape index (κ2) is 8.36. The third kappa shape index (κ3) is 3.93. The predicted octanol–water partition coefficient (Wildman–Crippen LogP) is 2.47. The number of ether oxygens (including phenoxy) is 1. The van der Waals surface area contributed by atoms with Crippen molar-refractivity contribution < 1.29 is 28.7 Å². The van der Waals surface area contributed by atoms with Crippen molar-refractivity contribution in [2.24, 2.45) is 0 Å². The van der Waals surface area contributed by atoms with Gasteiger partial charge in [0, 0.05) is 25.3 Å². The van der Waals surface area contributed by atoms with E-state index in [1.165, 1.54) is 37.4 Å². The average molecular weight is 404 g/mol. The lowest BCUT2D eigenvalue weighted by Gasteiger charge is -2.13. The number of rotatable bonds is 3. The van der Waals surface area contributed by atoms with Gasteiger partial charge in [0.15, 0.2) is 0 Å². The first-order chi connectivity index (χ1) is 14.3. The number of esters is 1. The second-order valence-corrected chi connectivity index (χ2v) is 6.14. The summed E-state index contributed by atoms with van der Waals surface area (Å²) in [4.78, 5) is 58.5. The maximum atomic E-state index is 11.5. The van der Waals surface area contributed by atoms with E-state index in [9.17, 15) is 24.0 Å². The minimum absolute atomic E-state index is 0.296. The molecule has 4 amide bonds. The molecule has 8 heteroatoms. The molecule has 2 heterocycles. The van der Waals surface area contributed by atoms with Crippen molar-refractivity contribution >= 4 is 35.3 Å². The van der Waals surface area contributed by atoms with Gasteiger partial charge in [-0.15, -0.1) is 0 Å². The zero-order valence-electron chi connectivity index (χ0n) is 15.9. The number of benzene rings is 2. The van der Waals surface area contributed by atoms with E-state index in [1.54, 1.807) is 36.4 Å². The minimum atomic E-state index is -0.423. The van der Waals surface area contributed by atoms with Crippen LogP contribution in [-0.2, 0) is 14.4 Å². The summed E-state index contributed by atoms with van der Waals surface area (Å²) in [5.74, 6) is -1.40. The largest absolute Gasteiger partial charge is 0.427 e. The quantitative estimate of drug-likeness (QED) is 0.443. The van der Waals surface area contributed by atoms with Gasteiger partial charge in [-0.1, -0.05) is 18.7 Å². The monoisotopic (exact) mass is 404 g/mol. The Kier molecular flexibility index (Phi) is 5.68. The highest BCUT2D eigenvalue weighted by atomic mass is 16.5. The fourth-order valence-corrected chi connectivity index (χ4v) is 2.86. The predicted molar refractivity (Wildman–Crippen MR) is 107 cm³/mol. The Morgan fingerprint density at radius 3 is 1.80 bits per heavy atom. The lowest BCUT2D eigenvalue weighted by atomic mass is 10.1. The summed E-state index contributed by atoms with van der Waals surface area (Å²) in [5, 5.41) is 0. The molecule has 2 aromatic carbocycles. The van der Waals surface area contributed by atoms with Crippen LogP contribution >= 0.6 is 0 Å². The summed E-state index contributed by atoms with van der Waals surface area (Å²) in [6.07, 6.45) is 3.66. The van der Waals surface area contributed by atoms with Crippen molar-refractivity contribution in [2.45, 2.75) is 6.92 Å². The third-order valence-corrected chi connectivity index (χ3v) is 4.17. The van der Waals surface area contributed by atoms with E-state index in [2.05, 4.69) is 6.58 Å². The molecule has 0 bridgehead atoms. The highest BCUT2D eigenvalue weighted by Gasteiger charge is 2.33. The van der Waals surface area contributed by atoms with E-state index in [0.717, 1.165) is 9.80 Å². The Labute approximate surface area is 171 Å². The van der Waals surface area contributed by atoms with E-state index in [1.807, 2.05) is 0 Å². The Bertz CT molecular complexity index is 1050. The zero-order valence-corrected chi connectivity index (χ0v) is 15.9. The van der Waals surface area contributed by atoms with Gasteiger partial charge < -0.3 is 4.74 Å². The first-order valence-electron chi connectivity index (χ1n) is 8.77. The van der Waals surface area contributed by atoms with Gasteiger partial charge in [0.05, 0.1) is 16.8 Å². The molecule has 0 fully saturated rings. The number of carbonyl (C=O) groups is 5. The molecule has 30 heavy (non-hydrogen) atoms. The summed E-state index contributed by atoms with van der Waals surface area (Å²) in [6.45, 7) is 4.71. The maximum absolute atomic E-state index is 11.5. The van der Waals surface area contributed by atoms with Crippen molar-refractivity contribution in [3.05, 3.63) is 84.6 Å². The fraction of sp³-hybridized carbons (Fsp3) is 0.0455. The molecular formula is C22H16N2O6. The number of hydrogen-bond acceptors (Lipinski definition) is 6. The van der Waals surface area contributed by atoms with Crippen LogP contribution in [-0.4, -0.2) is 34.5 Å². The molecular weight excluding hydrogens is 388 g/mol. The van der Waals surface area contributed by atoms with Crippen molar-refractivity contribution in [1.82, 2.24) is 4.90 Å². The number of hydrogen-bond donors (Lipinski definition) is 0. The molecule has 0 saturated carbocycles. The third-order valence-electron chi connectivity index (χ3n) is 4.17. The van der Waals surface area contributed by atoms with Crippen LogP contribution in [0.15, 0.2) is 73.5 Å². The number of anilines is 1. The highest BCUT2D eigenvalue weighted by molar-refractivity contribution is 6.28. The van der Waals surface area contributed by atoms with Gasteiger partial charge in [-0.2, -0.15) is 0 Å². The minimum Gasteiger partial charge on any atom is -0.427 e. The van der Waals surface area contributed by atoms with Crippen molar-refractivity contribution in [3.8, 4) is 5.75 Å². The van der Waals surface area contributed by atoms with Gasteiger partial charge in [-0.25, -0.2) is 9.80 Å². The van der Waals surface area contributed by atoms with Gasteiger partial charge >= 0.3 is 5.97 Å². The van der Waals surface area contributed by atoms with Crippen LogP contribution in [0.5, 0.6) is 5.75 Å². The smallest absolute Gasteiger partial charge is 0.308 e. The van der Waals surface area contributed by atoms with E-state index < -0.39 is 5.97 Å². The maximum Gasteiger partial charge on any atom is 0.308 e. The molecule has 0 saturated heterocycles. The second-order valence-electron chi connectivity index (χ2n) is 6.14. The molecule has 2 aliphatic rings. The molecule has 150 valence electrons. The SMILES string of the molecule is C=CN1C(=O)c2ccccc2C1=O.CC(=O)Oc1ccc(N2C(=O)C=CC2=O)cc1. The van der Waals surface area contributed by atoms with Crippen LogP contribution in [0.25, 0.3) is 0 Å². The number of nitrogens with zero attached hydrogens (tertiary/aromatic N) is 2. The van der Waals surface area contributed by atoms with E-state index in [4.69, 9.17) is 4.74 Å². The molecule has 2 aliphatic heterocycles. The topological polar surface area (TPSA) is 101 Å². The molecule has 0 radical (unpaired) electrons. The van der Waals surface area contributed by atoms with Gasteiger partial charge in [0.1, 0.15) is 5.75 Å². The Balaban J connectivity index is 0.000000177. The van der Waals surface area contributed by atoms with E-state index >= 15 is 0 Å². The van der Waals surface area contributed by atoms with E-state index in [0.29, 0.717) is 22.6 Å². The molecule has 0 spiro atoms. The molecule has 0 unspecified atom stereocenters. The zero-order chi connectivity index (χ0) is 21.8. The van der Waals surface area contributed by atoms with Crippen LogP contribution in [0.1, 0.15) is 27.6 Å². The number of amides is 4. The first-order valence-corrected chi connectivity index (χ1v) is 8.77. The van der Waals surface area contributed by atoms with Crippen LogP contribution in [0.2, 0.25) is 0 Å². The van der Waals surface area contributed by atoms with Crippen molar-refractivity contribution in [2.75, 3.05) is 4.90 Å². The number of carbonyl (C=O) groups excluding carboxylic acids is 5. The molecule has 0 N–H and O–H groups in total. The summed E-state index contributed by atoms with van der Waals surface area (Å²) in [6, 6.07) is 12.9. The molecule has 0 aliphatic carbocycles. The number of imide groups is 2. The van der Waals surface area contributed by atoms with Gasteiger partial charge in [-0.05, 0) is 36.4 Å². The van der Waals surface area contributed by atoms with E-state index in [-0.39, 0.29) is 23.6 Å². The Morgan fingerprint density at radius 2 is 1.37 bits per heavy atom. The Morgan fingerprint density at radius 1 is 0.867 bits per heavy atom. The fourth-order valence-electron chi connectivity index (χ4n) is 2.86. The molecule has 2 aromatic rings. The van der Waals surface area contributed by atoms with Crippen molar-refractivity contribution in [1.29, 1.82) is 0 Å². The van der Waals surface area contributed by atoms with Gasteiger partial charge in [0.2, 0.25) is 0 Å². The van der Waals surface area contributed by atoms with Crippen LogP contribution in [0, 0.1) is 0 Å².